The number of hydrogen-bond acceptors (Lipinski definition) is 8. The molecule has 0 saturated heterocycles. The highest BCUT2D eigenvalue weighted by Gasteiger charge is 2.25. The molecule has 4 rings (SSSR count). The number of alkyl halides is 2. The third kappa shape index (κ3) is 4.73. The van der Waals surface area contributed by atoms with Crippen molar-refractivity contribution in [3.63, 3.8) is 0 Å². The van der Waals surface area contributed by atoms with Crippen LogP contribution in [0, 0.1) is 0 Å². The van der Waals surface area contributed by atoms with Crippen LogP contribution in [0.2, 0.25) is 0 Å². The van der Waals surface area contributed by atoms with Gasteiger partial charge in [0.2, 0.25) is 0 Å². The van der Waals surface area contributed by atoms with Crippen LogP contribution in [0.15, 0.2) is 41.9 Å². The maximum absolute atomic E-state index is 13.5. The molecule has 3 N–H and O–H groups in total. The topological polar surface area (TPSA) is 119 Å². The number of carbonyl (C=O) groups excluding carboxylic acids is 1. The summed E-state index contributed by atoms with van der Waals surface area (Å²) in [7, 11) is 3.15. The summed E-state index contributed by atoms with van der Waals surface area (Å²) in [5, 5.41) is 19.3. The van der Waals surface area contributed by atoms with Crippen molar-refractivity contribution < 1.29 is 22.4 Å². The van der Waals surface area contributed by atoms with E-state index in [4.69, 9.17) is 8.85 Å². The standard InChI is InChI=1S/C21H22F2N8O2/c1-24-21(32)17-14(9-15(28-29-17)27-16(19(22)23)11-7-8-11)26-13-6-4-5-12(18(13)33-3)20-25-10-31(2)30-20/h4-6,9-10,19H,7-8H2,1-3H3,(H,24,32)(H2,26,27,28)/i1D3. The van der Waals surface area contributed by atoms with Crippen LogP contribution in [0.4, 0.5) is 26.0 Å². The summed E-state index contributed by atoms with van der Waals surface area (Å²) in [5.41, 5.74) is 0.846. The molecule has 1 aliphatic rings. The molecule has 0 spiro atoms. The fourth-order valence-electron chi connectivity index (χ4n) is 3.18. The number of halogens is 2. The van der Waals surface area contributed by atoms with Crippen LogP contribution in [0.1, 0.15) is 27.4 Å². The summed E-state index contributed by atoms with van der Waals surface area (Å²) in [5.74, 6) is -0.386. The Morgan fingerprint density at radius 2 is 2.09 bits per heavy atom. The van der Waals surface area contributed by atoms with Gasteiger partial charge in [-0.2, -0.15) is 5.10 Å². The number of anilines is 3. The number of allylic oxidation sites excluding steroid dienone is 2. The second-order valence-electron chi connectivity index (χ2n) is 7.14. The van der Waals surface area contributed by atoms with Gasteiger partial charge in [-0.3, -0.25) is 9.48 Å². The van der Waals surface area contributed by atoms with E-state index in [1.54, 1.807) is 25.2 Å². The van der Waals surface area contributed by atoms with Crippen LogP contribution in [0.3, 0.4) is 0 Å². The molecule has 0 bridgehead atoms. The lowest BCUT2D eigenvalue weighted by atomic mass is 10.1. The molecule has 172 valence electrons. The summed E-state index contributed by atoms with van der Waals surface area (Å²) in [6.45, 7) is -2.78. The van der Waals surface area contributed by atoms with E-state index in [2.05, 4.69) is 30.9 Å². The Labute approximate surface area is 192 Å². The molecule has 1 aliphatic carbocycles. The van der Waals surface area contributed by atoms with Gasteiger partial charge < -0.3 is 20.7 Å². The molecule has 1 saturated carbocycles. The average Bonchev–Trinajstić information content (AvgIpc) is 3.55. The number of nitrogens with zero attached hydrogens (tertiary/aromatic N) is 5. The first-order valence-corrected chi connectivity index (χ1v) is 9.83. The van der Waals surface area contributed by atoms with Crippen molar-refractivity contribution in [3.8, 4) is 17.1 Å². The SMILES string of the molecule is [2H]C([2H])([2H])NC(=O)c1nnc(NC(=C2CC2)C(F)F)cc1Nc1cccc(-c2ncn(C)n2)c1OC. The van der Waals surface area contributed by atoms with Crippen LogP contribution >= 0.6 is 0 Å². The Morgan fingerprint density at radius 1 is 1.27 bits per heavy atom. The van der Waals surface area contributed by atoms with Gasteiger partial charge in [0, 0.05) is 24.2 Å². The number of ether oxygens (including phenoxy) is 1. The van der Waals surface area contributed by atoms with E-state index in [1.165, 1.54) is 24.2 Å². The van der Waals surface area contributed by atoms with Crippen molar-refractivity contribution in [1.29, 1.82) is 0 Å². The number of rotatable bonds is 8. The number of hydrogen-bond donors (Lipinski definition) is 3. The Morgan fingerprint density at radius 3 is 2.73 bits per heavy atom. The molecule has 2 aromatic heterocycles. The second-order valence-corrected chi connectivity index (χ2v) is 7.14. The van der Waals surface area contributed by atoms with E-state index in [9.17, 15) is 13.6 Å². The molecule has 0 unspecified atom stereocenters. The minimum absolute atomic E-state index is 0.00749. The summed E-state index contributed by atoms with van der Waals surface area (Å²) in [4.78, 5) is 16.9. The summed E-state index contributed by atoms with van der Waals surface area (Å²) in [6, 6.07) is 6.36. The molecule has 33 heavy (non-hydrogen) atoms. The number of nitrogens with one attached hydrogen (secondary N) is 3. The number of para-hydroxylation sites is 1. The number of benzene rings is 1. The predicted octanol–water partition coefficient (Wildman–Crippen LogP) is 3.11. The van der Waals surface area contributed by atoms with Crippen LogP contribution in [0.5, 0.6) is 5.75 Å². The highest BCUT2D eigenvalue weighted by atomic mass is 19.3. The first-order chi connectivity index (χ1) is 17.1. The number of amides is 1. The highest BCUT2D eigenvalue weighted by molar-refractivity contribution is 5.98. The lowest BCUT2D eigenvalue weighted by Crippen LogP contribution is -2.22. The van der Waals surface area contributed by atoms with Gasteiger partial charge in [0.25, 0.3) is 12.3 Å². The Kier molecular flexibility index (Phi) is 5.14. The third-order valence-electron chi connectivity index (χ3n) is 4.81. The van der Waals surface area contributed by atoms with Crippen LogP contribution < -0.4 is 20.7 Å². The number of aromatic nitrogens is 5. The average molecular weight is 459 g/mol. The van der Waals surface area contributed by atoms with E-state index in [0.29, 0.717) is 41.2 Å². The smallest absolute Gasteiger partial charge is 0.278 e. The maximum Gasteiger partial charge on any atom is 0.278 e. The van der Waals surface area contributed by atoms with Gasteiger partial charge in [-0.15, -0.1) is 10.2 Å². The van der Waals surface area contributed by atoms with Gasteiger partial charge >= 0.3 is 0 Å². The van der Waals surface area contributed by atoms with E-state index in [1.807, 2.05) is 5.32 Å². The summed E-state index contributed by atoms with van der Waals surface area (Å²) >= 11 is 0. The first kappa shape index (κ1) is 18.5. The van der Waals surface area contributed by atoms with Crippen molar-refractivity contribution in [1.82, 2.24) is 30.3 Å². The Hall–Kier alpha value is -4.09. The van der Waals surface area contributed by atoms with E-state index in [-0.39, 0.29) is 22.9 Å². The van der Waals surface area contributed by atoms with Crippen molar-refractivity contribution in [2.24, 2.45) is 7.05 Å². The molecule has 1 fully saturated rings. The number of methoxy groups -OCH3 is 1. The zero-order valence-electron chi connectivity index (χ0n) is 20.7. The number of carbonyl (C=O) groups is 1. The fraction of sp³-hybridized carbons (Fsp3) is 0.286. The molecule has 10 nitrogen and oxygen atoms in total. The van der Waals surface area contributed by atoms with Crippen molar-refractivity contribution in [3.05, 3.63) is 47.6 Å². The molecular formula is C21H22F2N8O2. The van der Waals surface area contributed by atoms with Gasteiger partial charge in [-0.25, -0.2) is 13.8 Å². The minimum Gasteiger partial charge on any atom is -0.494 e. The molecule has 0 atom stereocenters. The Bertz CT molecular complexity index is 1320. The van der Waals surface area contributed by atoms with Gasteiger partial charge in [0.1, 0.15) is 6.33 Å². The lowest BCUT2D eigenvalue weighted by Gasteiger charge is -2.16. The van der Waals surface area contributed by atoms with Crippen LogP contribution in [0.25, 0.3) is 11.4 Å². The summed E-state index contributed by atoms with van der Waals surface area (Å²) in [6.07, 6.45) is -0.126. The predicted molar refractivity (Wildman–Crippen MR) is 118 cm³/mol. The quantitative estimate of drug-likeness (QED) is 0.470. The minimum atomic E-state index is -2.78. The highest BCUT2D eigenvalue weighted by Crippen LogP contribution is 2.38. The van der Waals surface area contributed by atoms with Crippen molar-refractivity contribution in [2.45, 2.75) is 19.3 Å². The third-order valence-corrected chi connectivity index (χ3v) is 4.81. The molecule has 1 aromatic carbocycles. The molecule has 1 amide bonds. The Balaban J connectivity index is 1.75. The molecule has 3 aromatic rings. The van der Waals surface area contributed by atoms with Gasteiger partial charge in [-0.05, 0) is 30.5 Å². The van der Waals surface area contributed by atoms with Gasteiger partial charge in [-0.1, -0.05) is 6.07 Å². The molecular weight excluding hydrogens is 434 g/mol. The summed E-state index contributed by atoms with van der Waals surface area (Å²) < 4.78 is 56.0. The maximum atomic E-state index is 13.5. The van der Waals surface area contributed by atoms with Crippen LogP contribution in [-0.2, 0) is 7.05 Å². The molecule has 2 heterocycles. The van der Waals surface area contributed by atoms with E-state index >= 15 is 0 Å². The number of aryl methyl sites for hydroxylation is 1. The van der Waals surface area contributed by atoms with Gasteiger partial charge in [0.15, 0.2) is 23.1 Å². The molecule has 0 radical (unpaired) electrons. The zero-order chi connectivity index (χ0) is 26.0. The second kappa shape index (κ2) is 9.18. The lowest BCUT2D eigenvalue weighted by molar-refractivity contribution is 0.0958. The molecule has 0 aliphatic heterocycles. The van der Waals surface area contributed by atoms with Crippen molar-refractivity contribution >= 4 is 23.1 Å². The van der Waals surface area contributed by atoms with E-state index in [0.717, 1.165) is 0 Å². The van der Waals surface area contributed by atoms with Crippen molar-refractivity contribution in [2.75, 3.05) is 24.7 Å². The molecule has 12 heteroatoms. The van der Waals surface area contributed by atoms with Gasteiger partial charge in [0.05, 0.1) is 29.7 Å². The van der Waals surface area contributed by atoms with Crippen LogP contribution in [-0.4, -0.2) is 51.4 Å². The largest absolute Gasteiger partial charge is 0.494 e. The van der Waals surface area contributed by atoms with E-state index < -0.39 is 19.3 Å². The fourth-order valence-corrected chi connectivity index (χ4v) is 3.18. The first-order valence-electron chi connectivity index (χ1n) is 11.3. The monoisotopic (exact) mass is 459 g/mol. The zero-order valence-corrected chi connectivity index (χ0v) is 17.7. The normalized spacial score (nSPS) is 14.2.